The lowest BCUT2D eigenvalue weighted by Crippen LogP contribution is -2.43. The number of carbonyl (C=O) groups is 1. The van der Waals surface area contributed by atoms with Crippen molar-refractivity contribution in [2.24, 2.45) is 0 Å². The first-order valence-electron chi connectivity index (χ1n) is 6.20. The van der Waals surface area contributed by atoms with Crippen molar-refractivity contribution in [1.29, 1.82) is 0 Å². The fourth-order valence-electron chi connectivity index (χ4n) is 2.02. The molecule has 1 aliphatic heterocycles. The van der Waals surface area contributed by atoms with Gasteiger partial charge in [-0.1, -0.05) is 5.21 Å². The van der Waals surface area contributed by atoms with E-state index in [0.29, 0.717) is 5.75 Å². The van der Waals surface area contributed by atoms with Crippen LogP contribution in [0.5, 0.6) is 5.75 Å². The van der Waals surface area contributed by atoms with E-state index in [9.17, 15) is 9.18 Å². The lowest BCUT2D eigenvalue weighted by molar-refractivity contribution is 0.103. The van der Waals surface area contributed by atoms with E-state index in [2.05, 4.69) is 15.6 Å². The van der Waals surface area contributed by atoms with Gasteiger partial charge in [-0.15, -0.1) is 5.10 Å². The Balaban J connectivity index is 1.91. The number of methoxy groups -OCH3 is 1. The summed E-state index contributed by atoms with van der Waals surface area (Å²) in [5, 5.41) is 10.9. The topological polar surface area (TPSA) is 69.0 Å². The van der Waals surface area contributed by atoms with Crippen molar-refractivity contribution in [3.05, 3.63) is 41.5 Å². The third-order valence-electron chi connectivity index (χ3n) is 3.28. The van der Waals surface area contributed by atoms with Gasteiger partial charge >= 0.3 is 0 Å². The maximum Gasteiger partial charge on any atom is 0.218 e. The third-order valence-corrected chi connectivity index (χ3v) is 3.28. The minimum absolute atomic E-state index is 0.145. The summed E-state index contributed by atoms with van der Waals surface area (Å²) in [6, 6.07) is 4.03. The molecule has 6 nitrogen and oxygen atoms in total. The quantitative estimate of drug-likeness (QED) is 0.837. The molecule has 1 aromatic carbocycles. The van der Waals surface area contributed by atoms with Gasteiger partial charge in [-0.3, -0.25) is 4.79 Å². The Labute approximate surface area is 114 Å². The summed E-state index contributed by atoms with van der Waals surface area (Å²) in [5.74, 6) is -0.583. The molecule has 3 rings (SSSR count). The van der Waals surface area contributed by atoms with Crippen molar-refractivity contribution in [3.63, 3.8) is 0 Å². The molecule has 1 aliphatic rings. The predicted molar refractivity (Wildman–Crippen MR) is 68.3 cm³/mol. The van der Waals surface area contributed by atoms with Crippen LogP contribution in [-0.4, -0.2) is 41.0 Å². The van der Waals surface area contributed by atoms with Gasteiger partial charge in [0.25, 0.3) is 0 Å². The van der Waals surface area contributed by atoms with E-state index in [1.165, 1.54) is 19.2 Å². The number of ether oxygens (including phenoxy) is 1. The number of rotatable bonds is 4. The number of hydrogen-bond acceptors (Lipinski definition) is 5. The third kappa shape index (κ3) is 2.16. The number of ketones is 1. The summed E-state index contributed by atoms with van der Waals surface area (Å²) in [7, 11) is 1.43. The van der Waals surface area contributed by atoms with Crippen LogP contribution >= 0.6 is 0 Å². The van der Waals surface area contributed by atoms with E-state index in [1.807, 2.05) is 0 Å². The molecular formula is C13H13FN4O2. The Morgan fingerprint density at radius 3 is 2.95 bits per heavy atom. The van der Waals surface area contributed by atoms with Gasteiger partial charge in [0.2, 0.25) is 5.78 Å². The number of nitrogens with one attached hydrogen (secondary N) is 1. The van der Waals surface area contributed by atoms with Crippen LogP contribution in [0.2, 0.25) is 0 Å². The smallest absolute Gasteiger partial charge is 0.218 e. The average molecular weight is 276 g/mol. The van der Waals surface area contributed by atoms with Crippen molar-refractivity contribution in [3.8, 4) is 5.75 Å². The van der Waals surface area contributed by atoms with E-state index in [1.54, 1.807) is 10.9 Å². The number of carbonyl (C=O) groups excluding carboxylic acids is 1. The van der Waals surface area contributed by atoms with Crippen molar-refractivity contribution in [2.75, 3.05) is 20.2 Å². The predicted octanol–water partition coefficient (Wildman–Crippen LogP) is 0.801. The standard InChI is InChI=1S/C13H13FN4O2/c1-20-12-3-2-8(14)4-10(12)13(19)11-7-18(17-16-11)9-5-15-6-9/h2-4,7,9,15H,5-6H2,1H3. The highest BCUT2D eigenvalue weighted by Gasteiger charge is 2.23. The second-order valence-electron chi connectivity index (χ2n) is 4.57. The Kier molecular flexibility index (Phi) is 3.19. The molecule has 2 aromatic rings. The van der Waals surface area contributed by atoms with Crippen LogP contribution in [0.4, 0.5) is 4.39 Å². The zero-order valence-electron chi connectivity index (χ0n) is 10.8. The number of benzene rings is 1. The highest BCUT2D eigenvalue weighted by molar-refractivity contribution is 6.09. The van der Waals surface area contributed by atoms with Crippen LogP contribution in [0.1, 0.15) is 22.1 Å². The monoisotopic (exact) mass is 276 g/mol. The SMILES string of the molecule is COc1ccc(F)cc1C(=O)c1cn(C2CNC2)nn1. The maximum absolute atomic E-state index is 13.3. The molecule has 0 aliphatic carbocycles. The lowest BCUT2D eigenvalue weighted by atomic mass is 10.1. The van der Waals surface area contributed by atoms with Gasteiger partial charge in [0, 0.05) is 13.1 Å². The minimum Gasteiger partial charge on any atom is -0.496 e. The second-order valence-corrected chi connectivity index (χ2v) is 4.57. The first-order chi connectivity index (χ1) is 9.69. The molecule has 0 atom stereocenters. The molecule has 0 spiro atoms. The van der Waals surface area contributed by atoms with Gasteiger partial charge in [-0.2, -0.15) is 0 Å². The van der Waals surface area contributed by atoms with Crippen molar-refractivity contribution >= 4 is 5.78 Å². The molecular weight excluding hydrogens is 263 g/mol. The Morgan fingerprint density at radius 2 is 2.30 bits per heavy atom. The van der Waals surface area contributed by atoms with Crippen LogP contribution in [0.25, 0.3) is 0 Å². The lowest BCUT2D eigenvalue weighted by Gasteiger charge is -2.26. The molecule has 20 heavy (non-hydrogen) atoms. The molecule has 0 unspecified atom stereocenters. The Morgan fingerprint density at radius 1 is 1.50 bits per heavy atom. The van der Waals surface area contributed by atoms with Crippen molar-refractivity contribution < 1.29 is 13.9 Å². The van der Waals surface area contributed by atoms with Gasteiger partial charge in [0.05, 0.1) is 24.9 Å². The summed E-state index contributed by atoms with van der Waals surface area (Å²) < 4.78 is 20.0. The fraction of sp³-hybridized carbons (Fsp3) is 0.308. The summed E-state index contributed by atoms with van der Waals surface area (Å²) in [6.45, 7) is 1.61. The van der Waals surface area contributed by atoms with Crippen LogP contribution in [0.15, 0.2) is 24.4 Å². The molecule has 0 saturated carbocycles. The van der Waals surface area contributed by atoms with Gasteiger partial charge < -0.3 is 10.1 Å². The molecule has 0 radical (unpaired) electrons. The van der Waals surface area contributed by atoms with Gasteiger partial charge in [0.1, 0.15) is 11.6 Å². The zero-order chi connectivity index (χ0) is 14.1. The van der Waals surface area contributed by atoms with E-state index in [0.717, 1.165) is 19.2 Å². The highest BCUT2D eigenvalue weighted by Crippen LogP contribution is 2.22. The van der Waals surface area contributed by atoms with Gasteiger partial charge in [0.15, 0.2) is 5.69 Å². The fourth-order valence-corrected chi connectivity index (χ4v) is 2.02. The molecule has 0 amide bonds. The van der Waals surface area contributed by atoms with Gasteiger partial charge in [-0.05, 0) is 18.2 Å². The van der Waals surface area contributed by atoms with E-state index in [-0.39, 0.29) is 17.3 Å². The summed E-state index contributed by atoms with van der Waals surface area (Å²) in [5.41, 5.74) is 0.326. The zero-order valence-corrected chi connectivity index (χ0v) is 10.8. The summed E-state index contributed by atoms with van der Waals surface area (Å²) in [6.07, 6.45) is 1.58. The molecule has 1 aromatic heterocycles. The Bertz CT molecular complexity index is 652. The van der Waals surface area contributed by atoms with Crippen molar-refractivity contribution in [2.45, 2.75) is 6.04 Å². The van der Waals surface area contributed by atoms with Crippen LogP contribution < -0.4 is 10.1 Å². The second kappa shape index (κ2) is 5.01. The van der Waals surface area contributed by atoms with Gasteiger partial charge in [-0.25, -0.2) is 9.07 Å². The normalized spacial score (nSPS) is 14.9. The van der Waals surface area contributed by atoms with E-state index >= 15 is 0 Å². The summed E-state index contributed by atoms with van der Waals surface area (Å²) >= 11 is 0. The summed E-state index contributed by atoms with van der Waals surface area (Å²) in [4.78, 5) is 12.3. The van der Waals surface area contributed by atoms with Crippen LogP contribution in [-0.2, 0) is 0 Å². The first kappa shape index (κ1) is 12.7. The van der Waals surface area contributed by atoms with E-state index in [4.69, 9.17) is 4.74 Å². The van der Waals surface area contributed by atoms with Crippen LogP contribution in [0.3, 0.4) is 0 Å². The number of halogens is 1. The van der Waals surface area contributed by atoms with Crippen LogP contribution in [0, 0.1) is 5.82 Å². The van der Waals surface area contributed by atoms with Crippen molar-refractivity contribution in [1.82, 2.24) is 20.3 Å². The molecule has 7 heteroatoms. The number of hydrogen-bond donors (Lipinski definition) is 1. The molecule has 2 heterocycles. The largest absolute Gasteiger partial charge is 0.496 e. The molecule has 104 valence electrons. The molecule has 1 N–H and O–H groups in total. The molecule has 0 bridgehead atoms. The number of nitrogens with zero attached hydrogens (tertiary/aromatic N) is 3. The highest BCUT2D eigenvalue weighted by atomic mass is 19.1. The Hall–Kier alpha value is -2.28. The molecule has 1 saturated heterocycles. The van der Waals surface area contributed by atoms with E-state index < -0.39 is 11.6 Å². The molecule has 1 fully saturated rings. The average Bonchev–Trinajstić information content (AvgIpc) is 2.85. The first-order valence-corrected chi connectivity index (χ1v) is 6.20. The minimum atomic E-state index is -0.496. The number of aromatic nitrogens is 3. The maximum atomic E-state index is 13.3.